The van der Waals surface area contributed by atoms with Gasteiger partial charge in [-0.1, -0.05) is 31.9 Å². The lowest BCUT2D eigenvalue weighted by Crippen LogP contribution is -2.36. The molecule has 2 bridgehead atoms. The van der Waals surface area contributed by atoms with Gasteiger partial charge in [-0.3, -0.25) is 0 Å². The van der Waals surface area contributed by atoms with E-state index in [1.807, 2.05) is 0 Å². The standard InChI is InChI=1S/C15H25N/c1-2-12-4-3-5-15(12)16-10-14-9-11-6-7-13(14)8-11/h6-7,11-16H,2-5,8-10H2,1H3. The number of nitrogens with one attached hydrogen (secondary N) is 1. The van der Waals surface area contributed by atoms with E-state index in [-0.39, 0.29) is 0 Å². The van der Waals surface area contributed by atoms with Crippen LogP contribution >= 0.6 is 0 Å². The Morgan fingerprint density at radius 1 is 1.12 bits per heavy atom. The van der Waals surface area contributed by atoms with Gasteiger partial charge in [-0.15, -0.1) is 0 Å². The topological polar surface area (TPSA) is 12.0 Å². The van der Waals surface area contributed by atoms with Crippen LogP contribution in [0, 0.1) is 23.7 Å². The van der Waals surface area contributed by atoms with Crippen LogP contribution < -0.4 is 5.32 Å². The number of hydrogen-bond donors (Lipinski definition) is 1. The third-order valence-electron chi connectivity index (χ3n) is 5.24. The summed E-state index contributed by atoms with van der Waals surface area (Å²) in [5.41, 5.74) is 0. The van der Waals surface area contributed by atoms with Crippen LogP contribution in [0.5, 0.6) is 0 Å². The molecule has 0 aliphatic heterocycles. The maximum absolute atomic E-state index is 3.88. The predicted octanol–water partition coefficient (Wildman–Crippen LogP) is 3.37. The molecule has 2 saturated carbocycles. The first-order valence-corrected chi connectivity index (χ1v) is 7.28. The van der Waals surface area contributed by atoms with Gasteiger partial charge in [-0.05, 0) is 55.9 Å². The summed E-state index contributed by atoms with van der Waals surface area (Å²) < 4.78 is 0. The molecule has 5 unspecified atom stereocenters. The fourth-order valence-corrected chi connectivity index (χ4v) is 4.23. The van der Waals surface area contributed by atoms with Crippen LogP contribution in [0.2, 0.25) is 0 Å². The monoisotopic (exact) mass is 219 g/mol. The van der Waals surface area contributed by atoms with Gasteiger partial charge in [-0.25, -0.2) is 0 Å². The quantitative estimate of drug-likeness (QED) is 0.715. The number of allylic oxidation sites excluding steroid dienone is 2. The molecule has 2 fully saturated rings. The second kappa shape index (κ2) is 4.52. The summed E-state index contributed by atoms with van der Waals surface area (Å²) in [5, 5.41) is 3.88. The van der Waals surface area contributed by atoms with E-state index in [9.17, 15) is 0 Å². The highest BCUT2D eigenvalue weighted by Gasteiger charge is 2.36. The second-order valence-corrected chi connectivity index (χ2v) is 6.15. The normalized spacial score (nSPS) is 45.7. The van der Waals surface area contributed by atoms with Gasteiger partial charge in [-0.2, -0.15) is 0 Å². The zero-order valence-electron chi connectivity index (χ0n) is 10.5. The SMILES string of the molecule is CCC1CCCC1NCC1CC2C=CC1C2. The van der Waals surface area contributed by atoms with Crippen LogP contribution in [-0.4, -0.2) is 12.6 Å². The van der Waals surface area contributed by atoms with Crippen LogP contribution in [-0.2, 0) is 0 Å². The second-order valence-electron chi connectivity index (χ2n) is 6.15. The van der Waals surface area contributed by atoms with Crippen molar-refractivity contribution in [3.63, 3.8) is 0 Å². The maximum Gasteiger partial charge on any atom is 0.00953 e. The molecule has 1 nitrogen and oxygen atoms in total. The average molecular weight is 219 g/mol. The largest absolute Gasteiger partial charge is 0.313 e. The fraction of sp³-hybridized carbons (Fsp3) is 0.867. The molecular formula is C15H25N. The molecule has 3 aliphatic rings. The van der Waals surface area contributed by atoms with Crippen LogP contribution in [0.25, 0.3) is 0 Å². The predicted molar refractivity (Wildman–Crippen MR) is 68.3 cm³/mol. The molecule has 1 heteroatoms. The highest BCUT2D eigenvalue weighted by molar-refractivity contribution is 5.10. The Kier molecular flexibility index (Phi) is 3.06. The molecule has 90 valence electrons. The van der Waals surface area contributed by atoms with Gasteiger partial charge in [0.15, 0.2) is 0 Å². The van der Waals surface area contributed by atoms with Crippen molar-refractivity contribution in [2.45, 2.75) is 51.5 Å². The van der Waals surface area contributed by atoms with Gasteiger partial charge in [0.2, 0.25) is 0 Å². The van der Waals surface area contributed by atoms with Crippen molar-refractivity contribution < 1.29 is 0 Å². The van der Waals surface area contributed by atoms with E-state index in [1.54, 1.807) is 0 Å². The van der Waals surface area contributed by atoms with Crippen LogP contribution in [0.3, 0.4) is 0 Å². The van der Waals surface area contributed by atoms with Crippen LogP contribution in [0.15, 0.2) is 12.2 Å². The summed E-state index contributed by atoms with van der Waals surface area (Å²) in [6, 6.07) is 0.841. The first kappa shape index (κ1) is 10.8. The molecule has 1 N–H and O–H groups in total. The van der Waals surface area contributed by atoms with Crippen LogP contribution in [0.4, 0.5) is 0 Å². The van der Waals surface area contributed by atoms with Gasteiger partial charge in [0, 0.05) is 6.04 Å². The molecule has 5 atom stereocenters. The first-order chi connectivity index (χ1) is 7.86. The molecule has 3 rings (SSSR count). The highest BCUT2D eigenvalue weighted by atomic mass is 14.9. The van der Waals surface area contributed by atoms with Crippen molar-refractivity contribution in [1.29, 1.82) is 0 Å². The Bertz CT molecular complexity index is 271. The third kappa shape index (κ3) is 1.95. The lowest BCUT2D eigenvalue weighted by Gasteiger charge is -2.24. The van der Waals surface area contributed by atoms with E-state index >= 15 is 0 Å². The summed E-state index contributed by atoms with van der Waals surface area (Å²) in [6.07, 6.45) is 13.5. The van der Waals surface area contributed by atoms with Gasteiger partial charge in [0.25, 0.3) is 0 Å². The van der Waals surface area contributed by atoms with Crippen molar-refractivity contribution >= 4 is 0 Å². The van der Waals surface area contributed by atoms with Gasteiger partial charge >= 0.3 is 0 Å². The van der Waals surface area contributed by atoms with E-state index < -0.39 is 0 Å². The van der Waals surface area contributed by atoms with Crippen molar-refractivity contribution in [3.05, 3.63) is 12.2 Å². The molecule has 0 aromatic heterocycles. The zero-order chi connectivity index (χ0) is 11.0. The molecule has 0 heterocycles. The molecule has 0 amide bonds. The van der Waals surface area contributed by atoms with Crippen molar-refractivity contribution in [3.8, 4) is 0 Å². The van der Waals surface area contributed by atoms with E-state index in [1.165, 1.54) is 45.1 Å². The number of hydrogen-bond acceptors (Lipinski definition) is 1. The van der Waals surface area contributed by atoms with E-state index in [0.717, 1.165) is 29.7 Å². The number of fused-ring (bicyclic) bond motifs is 2. The Labute approximate surface area is 99.7 Å². The molecule has 0 aromatic rings. The van der Waals surface area contributed by atoms with E-state index in [2.05, 4.69) is 24.4 Å². The molecule has 0 radical (unpaired) electrons. The molecule has 0 spiro atoms. The van der Waals surface area contributed by atoms with Crippen LogP contribution in [0.1, 0.15) is 45.4 Å². The Morgan fingerprint density at radius 2 is 2.06 bits per heavy atom. The lowest BCUT2D eigenvalue weighted by molar-refractivity contribution is 0.336. The molecule has 3 aliphatic carbocycles. The third-order valence-corrected chi connectivity index (χ3v) is 5.24. The van der Waals surface area contributed by atoms with Gasteiger partial charge in [0.1, 0.15) is 0 Å². The summed E-state index contributed by atoms with van der Waals surface area (Å²) in [7, 11) is 0. The minimum absolute atomic E-state index is 0.841. The highest BCUT2D eigenvalue weighted by Crippen LogP contribution is 2.43. The summed E-state index contributed by atoms with van der Waals surface area (Å²) >= 11 is 0. The van der Waals surface area contributed by atoms with Crippen molar-refractivity contribution in [1.82, 2.24) is 5.32 Å². The van der Waals surface area contributed by atoms with E-state index in [4.69, 9.17) is 0 Å². The Hall–Kier alpha value is -0.300. The average Bonchev–Trinajstić information content (AvgIpc) is 3.01. The van der Waals surface area contributed by atoms with E-state index in [0.29, 0.717) is 0 Å². The minimum atomic E-state index is 0.841. The lowest BCUT2D eigenvalue weighted by atomic mass is 9.92. The summed E-state index contributed by atoms with van der Waals surface area (Å²) in [4.78, 5) is 0. The molecule has 0 aromatic carbocycles. The fourth-order valence-electron chi connectivity index (χ4n) is 4.23. The Balaban J connectivity index is 1.48. The van der Waals surface area contributed by atoms with Crippen molar-refractivity contribution in [2.24, 2.45) is 23.7 Å². The van der Waals surface area contributed by atoms with Gasteiger partial charge in [0.05, 0.1) is 0 Å². The molecular weight excluding hydrogens is 194 g/mol. The van der Waals surface area contributed by atoms with Gasteiger partial charge < -0.3 is 5.32 Å². The smallest absolute Gasteiger partial charge is 0.00953 e. The Morgan fingerprint density at radius 3 is 2.75 bits per heavy atom. The zero-order valence-corrected chi connectivity index (χ0v) is 10.5. The molecule has 0 saturated heterocycles. The summed E-state index contributed by atoms with van der Waals surface area (Å²) in [6.45, 7) is 3.64. The first-order valence-electron chi connectivity index (χ1n) is 7.28. The number of rotatable bonds is 4. The minimum Gasteiger partial charge on any atom is -0.313 e. The molecule has 16 heavy (non-hydrogen) atoms. The summed E-state index contributed by atoms with van der Waals surface area (Å²) in [5.74, 6) is 3.77. The maximum atomic E-state index is 3.88. The van der Waals surface area contributed by atoms with Crippen molar-refractivity contribution in [2.75, 3.05) is 6.54 Å².